The fourth-order valence-electron chi connectivity index (χ4n) is 4.51. The van der Waals surface area contributed by atoms with Crippen molar-refractivity contribution >= 4 is 35.1 Å². The number of amides is 2. The van der Waals surface area contributed by atoms with Gasteiger partial charge in [-0.25, -0.2) is 4.79 Å². The summed E-state index contributed by atoms with van der Waals surface area (Å²) in [5.41, 5.74) is 0.958. The summed E-state index contributed by atoms with van der Waals surface area (Å²) in [7, 11) is 0. The van der Waals surface area contributed by atoms with Crippen molar-refractivity contribution < 1.29 is 33.8 Å². The van der Waals surface area contributed by atoms with Gasteiger partial charge >= 0.3 is 5.97 Å². The summed E-state index contributed by atoms with van der Waals surface area (Å²) in [6, 6.07) is 2.82. The Morgan fingerprint density at radius 1 is 1.20 bits per heavy atom. The second-order valence-corrected chi connectivity index (χ2v) is 10.5. The average Bonchev–Trinajstić information content (AvgIpc) is 2.94. The van der Waals surface area contributed by atoms with Crippen LogP contribution in [0, 0.1) is 0 Å². The lowest BCUT2D eigenvalue weighted by molar-refractivity contribution is -0.137. The van der Waals surface area contributed by atoms with Gasteiger partial charge in [0.1, 0.15) is 11.9 Å². The summed E-state index contributed by atoms with van der Waals surface area (Å²) in [5.74, 6) is -0.968. The maximum atomic E-state index is 13.1. The van der Waals surface area contributed by atoms with Gasteiger partial charge in [-0.15, -0.1) is 0 Å². The molecule has 0 radical (unpaired) electrons. The topological polar surface area (TPSA) is 127 Å². The van der Waals surface area contributed by atoms with Crippen molar-refractivity contribution in [3.05, 3.63) is 52.6 Å². The lowest BCUT2D eigenvalue weighted by Gasteiger charge is -2.26. The lowest BCUT2D eigenvalue weighted by Crippen LogP contribution is -2.37. The Morgan fingerprint density at radius 3 is 2.73 bits per heavy atom. The molecule has 2 N–H and O–H groups in total. The van der Waals surface area contributed by atoms with Crippen molar-refractivity contribution in [2.45, 2.75) is 71.0 Å². The van der Waals surface area contributed by atoms with Gasteiger partial charge in [0.05, 0.1) is 22.4 Å². The number of halogens is 1. The van der Waals surface area contributed by atoms with E-state index >= 15 is 0 Å². The van der Waals surface area contributed by atoms with E-state index in [4.69, 9.17) is 25.9 Å². The first-order valence-corrected chi connectivity index (χ1v) is 14.5. The molecule has 0 saturated carbocycles. The highest BCUT2D eigenvalue weighted by molar-refractivity contribution is 6.33. The number of oxime groups is 1. The summed E-state index contributed by atoms with van der Waals surface area (Å²) < 4.78 is 11.7. The van der Waals surface area contributed by atoms with Gasteiger partial charge in [0.25, 0.3) is 5.91 Å². The van der Waals surface area contributed by atoms with Crippen LogP contribution in [0.2, 0.25) is 5.02 Å². The van der Waals surface area contributed by atoms with Crippen molar-refractivity contribution in [2.75, 3.05) is 32.8 Å². The van der Waals surface area contributed by atoms with Gasteiger partial charge in [0, 0.05) is 46.0 Å². The van der Waals surface area contributed by atoms with Gasteiger partial charge in [-0.2, -0.15) is 0 Å². The van der Waals surface area contributed by atoms with E-state index in [1.54, 1.807) is 17.9 Å². The number of carbonyl (C=O) groups excluding carboxylic acids is 3. The van der Waals surface area contributed by atoms with E-state index in [0.717, 1.165) is 19.3 Å². The van der Waals surface area contributed by atoms with E-state index in [9.17, 15) is 19.5 Å². The number of ether oxygens (including phenoxy) is 2. The normalized spacial score (nSPS) is 22.7. The predicted molar refractivity (Wildman–Crippen MR) is 156 cm³/mol. The molecule has 1 fully saturated rings. The largest absolute Gasteiger partial charge is 0.506 e. The number of fused-ring (bicyclic) bond motifs is 1. The van der Waals surface area contributed by atoms with Crippen LogP contribution in [-0.4, -0.2) is 78.6 Å². The van der Waals surface area contributed by atoms with E-state index in [0.29, 0.717) is 56.8 Å². The van der Waals surface area contributed by atoms with E-state index in [1.165, 1.54) is 19.1 Å². The third-order valence-electron chi connectivity index (χ3n) is 6.71. The molecule has 1 unspecified atom stereocenters. The van der Waals surface area contributed by atoms with Gasteiger partial charge in [-0.3, -0.25) is 9.59 Å². The number of phenols is 1. The van der Waals surface area contributed by atoms with Crippen LogP contribution in [0.5, 0.6) is 5.75 Å². The van der Waals surface area contributed by atoms with Crippen LogP contribution < -0.4 is 5.32 Å². The number of likely N-dealkylation sites (tertiary alicyclic amines) is 1. The molecule has 2 aliphatic rings. The number of benzene rings is 1. The Labute approximate surface area is 246 Å². The molecule has 41 heavy (non-hydrogen) atoms. The number of aromatic hydroxyl groups is 1. The first-order chi connectivity index (χ1) is 19.7. The van der Waals surface area contributed by atoms with E-state index < -0.39 is 12.1 Å². The Morgan fingerprint density at radius 2 is 1.98 bits per heavy atom. The number of carbonyl (C=O) groups is 3. The molecule has 1 aromatic carbocycles. The zero-order valence-electron chi connectivity index (χ0n) is 23.8. The van der Waals surface area contributed by atoms with Crippen LogP contribution in [0.4, 0.5) is 0 Å². The molecular formula is C30H40ClN3O7. The average molecular weight is 590 g/mol. The third-order valence-corrected chi connectivity index (χ3v) is 7.13. The molecule has 1 saturated heterocycles. The fourth-order valence-corrected chi connectivity index (χ4v) is 4.74. The SMILES string of the molecule is CC(=O)NCCCOC1/C=C/C[C@@H](C)OC(=O)c2ccc(O)c(Cl)c2CC(=N/OCC(=O)N2CCCCC2)/C=C/C1. The molecule has 0 bridgehead atoms. The van der Waals surface area contributed by atoms with Gasteiger partial charge in [-0.1, -0.05) is 35.0 Å². The molecule has 3 rings (SSSR count). The maximum Gasteiger partial charge on any atom is 0.338 e. The highest BCUT2D eigenvalue weighted by atomic mass is 35.5. The molecule has 10 nitrogen and oxygen atoms in total. The monoisotopic (exact) mass is 589 g/mol. The van der Waals surface area contributed by atoms with Crippen molar-refractivity contribution in [1.29, 1.82) is 0 Å². The smallest absolute Gasteiger partial charge is 0.338 e. The summed E-state index contributed by atoms with van der Waals surface area (Å²) in [4.78, 5) is 44.0. The quantitative estimate of drug-likeness (QED) is 0.200. The van der Waals surface area contributed by atoms with Crippen LogP contribution >= 0.6 is 11.6 Å². The zero-order valence-corrected chi connectivity index (χ0v) is 24.5. The summed E-state index contributed by atoms with van der Waals surface area (Å²) in [6.07, 6.45) is 11.5. The molecule has 1 aromatic rings. The summed E-state index contributed by atoms with van der Waals surface area (Å²) in [6.45, 7) is 5.44. The number of nitrogens with zero attached hydrogens (tertiary/aromatic N) is 2. The lowest BCUT2D eigenvalue weighted by atomic mass is 10.00. The molecule has 224 valence electrons. The number of allylic oxidation sites excluding steroid dienone is 1. The van der Waals surface area contributed by atoms with E-state index in [-0.39, 0.29) is 47.3 Å². The third kappa shape index (κ3) is 10.8. The molecule has 0 aliphatic carbocycles. The van der Waals surface area contributed by atoms with Crippen LogP contribution in [0.15, 0.2) is 41.6 Å². The minimum atomic E-state index is -0.574. The van der Waals surface area contributed by atoms with Gasteiger partial charge in [0.2, 0.25) is 5.91 Å². The number of rotatable bonds is 8. The predicted octanol–water partition coefficient (Wildman–Crippen LogP) is 4.34. The number of cyclic esters (lactones) is 1. The Bertz CT molecular complexity index is 1150. The number of hydrogen-bond donors (Lipinski definition) is 2. The first-order valence-electron chi connectivity index (χ1n) is 14.1. The molecule has 2 amide bonds. The second-order valence-electron chi connectivity index (χ2n) is 10.2. The van der Waals surface area contributed by atoms with Crippen molar-refractivity contribution in [3.8, 4) is 5.75 Å². The van der Waals surface area contributed by atoms with Crippen molar-refractivity contribution in [3.63, 3.8) is 0 Å². The summed E-state index contributed by atoms with van der Waals surface area (Å²) >= 11 is 6.45. The van der Waals surface area contributed by atoms with Gasteiger partial charge in [-0.05, 0) is 62.8 Å². The second kappa shape index (κ2) is 16.8. The Kier molecular flexibility index (Phi) is 13.2. The number of phenolic OH excluding ortho intramolecular Hbond substituents is 1. The Balaban J connectivity index is 1.81. The van der Waals surface area contributed by atoms with Crippen LogP contribution in [0.25, 0.3) is 0 Å². The molecular weight excluding hydrogens is 550 g/mol. The minimum absolute atomic E-state index is 0.0185. The minimum Gasteiger partial charge on any atom is -0.506 e. The molecule has 2 aliphatic heterocycles. The first kappa shape index (κ1) is 32.1. The van der Waals surface area contributed by atoms with Crippen LogP contribution in [-0.2, 0) is 30.3 Å². The highest BCUT2D eigenvalue weighted by Crippen LogP contribution is 2.31. The maximum absolute atomic E-state index is 13.1. The van der Waals surface area contributed by atoms with Gasteiger partial charge in [0.15, 0.2) is 6.61 Å². The number of esters is 1. The van der Waals surface area contributed by atoms with E-state index in [2.05, 4.69) is 10.5 Å². The van der Waals surface area contributed by atoms with Crippen LogP contribution in [0.3, 0.4) is 0 Å². The molecule has 0 spiro atoms. The van der Waals surface area contributed by atoms with Crippen molar-refractivity contribution in [2.24, 2.45) is 5.16 Å². The van der Waals surface area contributed by atoms with Gasteiger partial charge < -0.3 is 29.6 Å². The number of piperidine rings is 1. The van der Waals surface area contributed by atoms with E-state index in [1.807, 2.05) is 18.2 Å². The summed E-state index contributed by atoms with van der Waals surface area (Å²) in [5, 5.41) is 17.3. The molecule has 11 heteroatoms. The molecule has 0 aromatic heterocycles. The molecule has 2 atom stereocenters. The van der Waals surface area contributed by atoms with Crippen LogP contribution in [0.1, 0.15) is 68.3 Å². The fraction of sp³-hybridized carbons (Fsp3) is 0.533. The molecule has 2 heterocycles. The standard InChI is InChI=1S/C30H40ClN3O7/c1-21-9-6-11-24(39-18-8-15-32-22(2)35)12-7-10-23(33-40-20-28(37)34-16-4-3-5-17-34)19-26-25(30(38)41-21)13-14-27(36)29(26)31/h6-7,10-11,13-14,21,24,36H,3-5,8-9,12,15-20H2,1-2H3,(H,32,35)/b10-7+,11-6+,33-23+/t21-,24?/m1/s1. The zero-order chi connectivity index (χ0) is 29.6. The number of hydrogen-bond acceptors (Lipinski definition) is 8. The van der Waals surface area contributed by atoms with Crippen molar-refractivity contribution in [1.82, 2.24) is 10.2 Å². The Hall–Kier alpha value is -3.37. The highest BCUT2D eigenvalue weighted by Gasteiger charge is 2.22. The number of nitrogens with one attached hydrogen (secondary N) is 1.